The number of pyridine rings is 2. The highest BCUT2D eigenvalue weighted by Gasteiger charge is 2.21. The summed E-state index contributed by atoms with van der Waals surface area (Å²) in [6.45, 7) is 0. The van der Waals surface area contributed by atoms with E-state index in [-0.39, 0.29) is 0 Å². The number of hydrogen-bond acceptors (Lipinski definition) is 2. The number of nitrogens with zero attached hydrogens (tertiary/aromatic N) is 5. The van der Waals surface area contributed by atoms with Gasteiger partial charge in [0, 0.05) is 78.3 Å². The molecule has 0 unspecified atom stereocenters. The fourth-order valence-corrected chi connectivity index (χ4v) is 10.8. The van der Waals surface area contributed by atoms with Crippen LogP contribution in [0.1, 0.15) is 0 Å². The molecule has 322 valence electrons. The summed E-state index contributed by atoms with van der Waals surface area (Å²) >= 11 is 0. The Kier molecular flexibility index (Phi) is 8.83. The molecule has 14 aromatic rings. The summed E-state index contributed by atoms with van der Waals surface area (Å²) in [5.74, 6) is 0.869. The van der Waals surface area contributed by atoms with Crippen molar-refractivity contribution in [2.75, 3.05) is 0 Å². The second-order valence-corrected chi connectivity index (χ2v) is 17.8. The molecular weight excluding hydrogens is 839 g/mol. The van der Waals surface area contributed by atoms with Gasteiger partial charge in [0.25, 0.3) is 0 Å². The average molecular weight is 880 g/mol. The molecule has 0 N–H and O–H groups in total. The lowest BCUT2D eigenvalue weighted by molar-refractivity contribution is 1.08. The van der Waals surface area contributed by atoms with Gasteiger partial charge in [-0.15, -0.1) is 0 Å². The van der Waals surface area contributed by atoms with Gasteiger partial charge in [-0.2, -0.15) is 0 Å². The number of para-hydroxylation sites is 5. The first kappa shape index (κ1) is 38.9. The Labute approximate surface area is 398 Å². The van der Waals surface area contributed by atoms with Crippen molar-refractivity contribution in [2.45, 2.75) is 0 Å². The van der Waals surface area contributed by atoms with E-state index in [1.807, 2.05) is 12.4 Å². The number of fused-ring (bicyclic) bond motifs is 9. The van der Waals surface area contributed by atoms with Crippen LogP contribution < -0.4 is 0 Å². The van der Waals surface area contributed by atoms with E-state index < -0.39 is 0 Å². The molecule has 0 bridgehead atoms. The summed E-state index contributed by atoms with van der Waals surface area (Å²) in [4.78, 5) is 10.5. The predicted octanol–water partition coefficient (Wildman–Crippen LogP) is 16.4. The van der Waals surface area contributed by atoms with Crippen LogP contribution in [0.25, 0.3) is 127 Å². The van der Waals surface area contributed by atoms with E-state index in [0.717, 1.165) is 78.2 Å². The van der Waals surface area contributed by atoms with E-state index in [2.05, 4.69) is 250 Å². The molecule has 0 spiro atoms. The molecule has 9 aromatic carbocycles. The Bertz CT molecular complexity index is 4260. The number of hydrogen-bond donors (Lipinski definition) is 0. The van der Waals surface area contributed by atoms with Crippen LogP contribution in [0.3, 0.4) is 0 Å². The van der Waals surface area contributed by atoms with Gasteiger partial charge in [-0.1, -0.05) is 140 Å². The summed E-state index contributed by atoms with van der Waals surface area (Å²) in [5.41, 5.74) is 17.8. The van der Waals surface area contributed by atoms with Gasteiger partial charge < -0.3 is 9.13 Å². The van der Waals surface area contributed by atoms with Crippen LogP contribution in [0.5, 0.6) is 0 Å². The molecule has 0 aliphatic heterocycles. The van der Waals surface area contributed by atoms with E-state index in [0.29, 0.717) is 0 Å². The standard InChI is InChI=1S/C64H41N5/c1-4-16-42(17-5-1)43-29-34-62-55(36-43)51-23-11-15-27-60(51)69(62)63-35-31-46(41-66-63)53-38-47(39-56-52-24-12-14-26-59(52)68(64(53)56)49-20-8-3-9-21-49)57-32-28-45(40-65-57)44-30-33-61-54(37-44)50-22-10-13-25-58(50)67(61)48-18-6-2-7-19-48/h1-41H. The Morgan fingerprint density at radius 2 is 0.725 bits per heavy atom. The van der Waals surface area contributed by atoms with Crippen LogP contribution in [0.15, 0.2) is 249 Å². The normalized spacial score (nSPS) is 11.8. The first-order chi connectivity index (χ1) is 34.2. The average Bonchev–Trinajstić information content (AvgIpc) is 4.07. The quantitative estimate of drug-likeness (QED) is 0.160. The van der Waals surface area contributed by atoms with E-state index in [4.69, 9.17) is 9.97 Å². The van der Waals surface area contributed by atoms with E-state index in [1.165, 1.54) is 49.1 Å². The summed E-state index contributed by atoms with van der Waals surface area (Å²) < 4.78 is 7.05. The minimum absolute atomic E-state index is 0.869. The smallest absolute Gasteiger partial charge is 0.137 e. The van der Waals surface area contributed by atoms with Gasteiger partial charge in [0.1, 0.15) is 5.82 Å². The Morgan fingerprint density at radius 1 is 0.261 bits per heavy atom. The van der Waals surface area contributed by atoms with Gasteiger partial charge in [0.2, 0.25) is 0 Å². The first-order valence-electron chi connectivity index (χ1n) is 23.5. The maximum absolute atomic E-state index is 5.28. The van der Waals surface area contributed by atoms with Crippen LogP contribution >= 0.6 is 0 Å². The number of aromatic nitrogens is 5. The second-order valence-electron chi connectivity index (χ2n) is 17.8. The predicted molar refractivity (Wildman–Crippen MR) is 287 cm³/mol. The molecule has 0 aliphatic carbocycles. The zero-order valence-electron chi connectivity index (χ0n) is 37.4. The maximum Gasteiger partial charge on any atom is 0.137 e. The van der Waals surface area contributed by atoms with Gasteiger partial charge in [0.05, 0.1) is 38.8 Å². The second kappa shape index (κ2) is 15.7. The Hall–Kier alpha value is -9.32. The highest BCUT2D eigenvalue weighted by Crippen LogP contribution is 2.42. The lowest BCUT2D eigenvalue weighted by atomic mass is 9.97. The Balaban J connectivity index is 0.908. The summed E-state index contributed by atoms with van der Waals surface area (Å²) in [5, 5.41) is 7.20. The van der Waals surface area contributed by atoms with Crippen LogP contribution in [-0.2, 0) is 0 Å². The molecule has 5 aromatic heterocycles. The molecule has 0 atom stereocenters. The van der Waals surface area contributed by atoms with E-state index in [1.54, 1.807) is 0 Å². The van der Waals surface area contributed by atoms with Gasteiger partial charge in [-0.3, -0.25) is 9.55 Å². The van der Waals surface area contributed by atoms with Crippen molar-refractivity contribution >= 4 is 65.4 Å². The van der Waals surface area contributed by atoms with E-state index in [9.17, 15) is 0 Å². The summed E-state index contributed by atoms with van der Waals surface area (Å²) in [7, 11) is 0. The van der Waals surface area contributed by atoms with Gasteiger partial charge in [-0.25, -0.2) is 4.98 Å². The van der Waals surface area contributed by atoms with Gasteiger partial charge in [-0.05, 0) is 114 Å². The van der Waals surface area contributed by atoms with Crippen LogP contribution in [0.2, 0.25) is 0 Å². The molecular formula is C64H41N5. The van der Waals surface area contributed by atoms with Gasteiger partial charge >= 0.3 is 0 Å². The molecule has 0 fully saturated rings. The first-order valence-corrected chi connectivity index (χ1v) is 23.5. The molecule has 0 radical (unpaired) electrons. The van der Waals surface area contributed by atoms with Crippen LogP contribution in [0.4, 0.5) is 0 Å². The molecule has 0 saturated heterocycles. The fourth-order valence-electron chi connectivity index (χ4n) is 10.8. The number of rotatable bonds is 7. The van der Waals surface area contributed by atoms with Crippen molar-refractivity contribution in [2.24, 2.45) is 0 Å². The highest BCUT2D eigenvalue weighted by molar-refractivity contribution is 6.16. The van der Waals surface area contributed by atoms with Crippen LogP contribution in [0, 0.1) is 0 Å². The molecule has 0 amide bonds. The van der Waals surface area contributed by atoms with Crippen molar-refractivity contribution in [1.29, 1.82) is 0 Å². The fraction of sp³-hybridized carbons (Fsp3) is 0. The molecule has 0 aliphatic rings. The van der Waals surface area contributed by atoms with Crippen molar-refractivity contribution in [3.8, 4) is 61.8 Å². The van der Waals surface area contributed by atoms with Crippen molar-refractivity contribution in [1.82, 2.24) is 23.7 Å². The highest BCUT2D eigenvalue weighted by atomic mass is 15.1. The lowest BCUT2D eigenvalue weighted by Gasteiger charge is -2.14. The zero-order chi connectivity index (χ0) is 45.4. The van der Waals surface area contributed by atoms with Crippen molar-refractivity contribution in [3.63, 3.8) is 0 Å². The lowest BCUT2D eigenvalue weighted by Crippen LogP contribution is -1.99. The largest absolute Gasteiger partial charge is 0.309 e. The third-order valence-electron chi connectivity index (χ3n) is 13.9. The monoisotopic (exact) mass is 879 g/mol. The summed E-state index contributed by atoms with van der Waals surface area (Å²) in [6.07, 6.45) is 4.07. The summed E-state index contributed by atoms with van der Waals surface area (Å²) in [6, 6.07) is 84.8. The SMILES string of the molecule is c1ccc(-c2ccc3c(c2)c2ccccc2n3-c2ccc(-c3cc(-c4ccc(-c5ccc6c(c5)c5ccccc5n6-c5ccccc5)cn4)cc4c5ccccc5n(-c5ccccc5)c34)cn2)cc1. The van der Waals surface area contributed by atoms with Crippen molar-refractivity contribution < 1.29 is 0 Å². The minimum atomic E-state index is 0.869. The zero-order valence-corrected chi connectivity index (χ0v) is 37.4. The molecule has 0 saturated carbocycles. The van der Waals surface area contributed by atoms with E-state index >= 15 is 0 Å². The topological polar surface area (TPSA) is 40.6 Å². The third kappa shape index (κ3) is 6.25. The maximum atomic E-state index is 5.28. The molecule has 5 nitrogen and oxygen atoms in total. The van der Waals surface area contributed by atoms with Crippen molar-refractivity contribution in [3.05, 3.63) is 249 Å². The molecule has 5 heteroatoms. The Morgan fingerprint density at radius 3 is 1.33 bits per heavy atom. The van der Waals surface area contributed by atoms with Crippen LogP contribution in [-0.4, -0.2) is 23.7 Å². The number of benzene rings is 9. The van der Waals surface area contributed by atoms with Gasteiger partial charge in [0.15, 0.2) is 0 Å². The molecule has 5 heterocycles. The minimum Gasteiger partial charge on any atom is -0.309 e. The molecule has 69 heavy (non-hydrogen) atoms. The third-order valence-corrected chi connectivity index (χ3v) is 13.9. The molecule has 14 rings (SSSR count).